The lowest BCUT2D eigenvalue weighted by Crippen LogP contribution is -2.52. The third-order valence-corrected chi connectivity index (χ3v) is 7.41. The summed E-state index contributed by atoms with van der Waals surface area (Å²) in [6.07, 6.45) is 2.32. The Balaban J connectivity index is 1.25. The number of hydrogen-bond acceptors (Lipinski definition) is 6. The Morgan fingerprint density at radius 3 is 2.38 bits per heavy atom. The molecule has 2 bridgehead atoms. The topological polar surface area (TPSA) is 97.0 Å². The van der Waals surface area contributed by atoms with E-state index in [9.17, 15) is 14.4 Å². The van der Waals surface area contributed by atoms with Gasteiger partial charge in [-0.25, -0.2) is 4.79 Å². The minimum absolute atomic E-state index is 0.0176. The van der Waals surface area contributed by atoms with Crippen molar-refractivity contribution in [1.82, 2.24) is 15.5 Å². The molecule has 0 aromatic heterocycles. The highest BCUT2D eigenvalue weighted by Crippen LogP contribution is 2.30. The largest absolute Gasteiger partial charge is 0.489 e. The zero-order valence-corrected chi connectivity index (χ0v) is 21.8. The molecule has 0 spiro atoms. The molecule has 3 aliphatic heterocycles. The summed E-state index contributed by atoms with van der Waals surface area (Å²) < 4.78 is 12.0. The zero-order chi connectivity index (χ0) is 27.0. The van der Waals surface area contributed by atoms with Gasteiger partial charge in [-0.15, -0.1) is 0 Å². The summed E-state index contributed by atoms with van der Waals surface area (Å²) in [5.74, 6) is 0.801. The van der Waals surface area contributed by atoms with Crippen molar-refractivity contribution in [3.05, 3.63) is 101 Å². The third kappa shape index (κ3) is 6.83. The van der Waals surface area contributed by atoms with Gasteiger partial charge < -0.3 is 24.9 Å². The highest BCUT2D eigenvalue weighted by Gasteiger charge is 2.36. The minimum atomic E-state index is -0.411. The lowest BCUT2D eigenvalue weighted by molar-refractivity contribution is -0.107. The second kappa shape index (κ2) is 12.6. The van der Waals surface area contributed by atoms with Crippen LogP contribution in [0, 0.1) is 5.92 Å². The fourth-order valence-corrected chi connectivity index (χ4v) is 5.28. The Bertz CT molecular complexity index is 1270. The van der Waals surface area contributed by atoms with Crippen LogP contribution in [0.5, 0.6) is 5.75 Å². The fourth-order valence-electron chi connectivity index (χ4n) is 5.28. The maximum absolute atomic E-state index is 13.0. The number of hydrogen-bond donors (Lipinski definition) is 2. The highest BCUT2D eigenvalue weighted by molar-refractivity contribution is 5.95. The van der Waals surface area contributed by atoms with E-state index in [2.05, 4.69) is 15.5 Å². The van der Waals surface area contributed by atoms with Crippen molar-refractivity contribution >= 4 is 18.3 Å². The van der Waals surface area contributed by atoms with Crippen LogP contribution in [0.15, 0.2) is 78.9 Å². The number of amides is 2. The molecule has 39 heavy (non-hydrogen) atoms. The number of ether oxygens (including phenoxy) is 2. The van der Waals surface area contributed by atoms with Crippen LogP contribution in [0.4, 0.5) is 4.79 Å². The Kier molecular flexibility index (Phi) is 8.53. The number of rotatable bonds is 10. The van der Waals surface area contributed by atoms with E-state index in [1.54, 1.807) is 12.1 Å². The van der Waals surface area contributed by atoms with E-state index in [0.717, 1.165) is 49.2 Å². The molecule has 3 aromatic rings. The first-order chi connectivity index (χ1) is 19.1. The van der Waals surface area contributed by atoms with Gasteiger partial charge in [0.15, 0.2) is 0 Å². The van der Waals surface area contributed by atoms with E-state index in [4.69, 9.17) is 9.47 Å². The Hall–Kier alpha value is -4.17. The first-order valence-electron chi connectivity index (χ1n) is 13.4. The molecule has 3 saturated heterocycles. The molecule has 8 nitrogen and oxygen atoms in total. The predicted octanol–water partition coefficient (Wildman–Crippen LogP) is 4.10. The van der Waals surface area contributed by atoms with Crippen molar-refractivity contribution in [2.45, 2.75) is 31.6 Å². The summed E-state index contributed by atoms with van der Waals surface area (Å²) in [5, 5.41) is 5.61. The van der Waals surface area contributed by atoms with E-state index >= 15 is 0 Å². The molecular weight excluding hydrogens is 494 g/mol. The van der Waals surface area contributed by atoms with E-state index < -0.39 is 12.1 Å². The fraction of sp³-hybridized carbons (Fsp3) is 0.323. The van der Waals surface area contributed by atoms with Gasteiger partial charge in [-0.1, -0.05) is 54.6 Å². The van der Waals surface area contributed by atoms with Crippen LogP contribution in [0.1, 0.15) is 45.9 Å². The Morgan fingerprint density at radius 1 is 0.949 bits per heavy atom. The second-order valence-corrected chi connectivity index (χ2v) is 10.0. The highest BCUT2D eigenvalue weighted by atomic mass is 16.6. The van der Waals surface area contributed by atoms with Crippen LogP contribution in [-0.2, 0) is 16.1 Å². The molecule has 0 aliphatic carbocycles. The molecule has 2 N–H and O–H groups in total. The minimum Gasteiger partial charge on any atom is -0.489 e. The first-order valence-corrected chi connectivity index (χ1v) is 13.4. The van der Waals surface area contributed by atoms with Crippen molar-refractivity contribution in [3.8, 4) is 5.75 Å². The van der Waals surface area contributed by atoms with Gasteiger partial charge in [0.05, 0.1) is 12.6 Å². The van der Waals surface area contributed by atoms with Crippen LogP contribution in [0.25, 0.3) is 0 Å². The molecule has 202 valence electrons. The summed E-state index contributed by atoms with van der Waals surface area (Å²) >= 11 is 0. The third-order valence-electron chi connectivity index (χ3n) is 7.41. The van der Waals surface area contributed by atoms with Gasteiger partial charge in [-0.05, 0) is 72.8 Å². The first kappa shape index (κ1) is 26.4. The summed E-state index contributed by atoms with van der Waals surface area (Å²) in [6.45, 7) is 3.28. The second-order valence-electron chi connectivity index (χ2n) is 10.0. The quantitative estimate of drug-likeness (QED) is 0.386. The van der Waals surface area contributed by atoms with Gasteiger partial charge in [0.25, 0.3) is 5.91 Å². The van der Waals surface area contributed by atoms with Crippen molar-refractivity contribution < 1.29 is 23.9 Å². The standard InChI is InChI=1S/C31H33N3O5/c35-18-15-32-30(36)25-11-9-22(10-12-25)21-38-27-8-4-7-26(19-27)29(24-5-2-1-3-6-24)33-31(37)39-28-20-34-16-13-23(28)14-17-34/h1-12,18-19,23,28-29H,13-17,20-21H2,(H,32,36)(H,33,37)/t28-,29?/m0/s1. The lowest BCUT2D eigenvalue weighted by Gasteiger charge is -2.43. The number of piperidine rings is 3. The molecule has 3 fully saturated rings. The average Bonchev–Trinajstić information content (AvgIpc) is 2.99. The molecule has 3 aromatic carbocycles. The van der Waals surface area contributed by atoms with Gasteiger partial charge in [0.1, 0.15) is 24.7 Å². The number of nitrogens with zero attached hydrogens (tertiary/aromatic N) is 1. The van der Waals surface area contributed by atoms with Gasteiger partial charge in [-0.2, -0.15) is 0 Å². The smallest absolute Gasteiger partial charge is 0.408 e. The van der Waals surface area contributed by atoms with Crippen LogP contribution < -0.4 is 15.4 Å². The van der Waals surface area contributed by atoms with Crippen molar-refractivity contribution in [3.63, 3.8) is 0 Å². The van der Waals surface area contributed by atoms with Crippen molar-refractivity contribution in [1.29, 1.82) is 0 Å². The van der Waals surface area contributed by atoms with Gasteiger partial charge in [0.2, 0.25) is 0 Å². The molecule has 0 radical (unpaired) electrons. The van der Waals surface area contributed by atoms with Gasteiger partial charge in [0, 0.05) is 12.1 Å². The zero-order valence-electron chi connectivity index (χ0n) is 21.8. The van der Waals surface area contributed by atoms with E-state index in [1.165, 1.54) is 0 Å². The van der Waals surface area contributed by atoms with Crippen molar-refractivity contribution in [2.75, 3.05) is 26.2 Å². The number of alkyl carbamates (subject to hydrolysis) is 1. The number of nitrogens with one attached hydrogen (secondary N) is 2. The number of carbonyl (C=O) groups is 3. The van der Waals surface area contributed by atoms with Gasteiger partial charge in [-0.3, -0.25) is 9.69 Å². The number of fused-ring (bicyclic) bond motifs is 3. The molecule has 0 saturated carbocycles. The van der Waals surface area contributed by atoms with E-state index in [-0.39, 0.29) is 18.6 Å². The van der Waals surface area contributed by atoms with Crippen LogP contribution >= 0.6 is 0 Å². The molecular formula is C31H33N3O5. The Labute approximate surface area is 228 Å². The molecule has 3 heterocycles. The molecule has 8 heteroatoms. The number of benzene rings is 3. The molecule has 2 amide bonds. The molecule has 2 atom stereocenters. The van der Waals surface area contributed by atoms with E-state index in [0.29, 0.717) is 30.1 Å². The van der Waals surface area contributed by atoms with Crippen LogP contribution in [0.2, 0.25) is 0 Å². The van der Waals surface area contributed by atoms with E-state index in [1.807, 2.05) is 66.7 Å². The summed E-state index contributed by atoms with van der Waals surface area (Å²) in [6, 6.07) is 24.1. The molecule has 1 unspecified atom stereocenters. The molecule has 3 aliphatic rings. The monoisotopic (exact) mass is 527 g/mol. The lowest BCUT2D eigenvalue weighted by atomic mass is 9.86. The van der Waals surface area contributed by atoms with Crippen LogP contribution in [-0.4, -0.2) is 55.5 Å². The summed E-state index contributed by atoms with van der Waals surface area (Å²) in [7, 11) is 0. The maximum Gasteiger partial charge on any atom is 0.408 e. The molecule has 6 rings (SSSR count). The number of carbonyl (C=O) groups excluding carboxylic acids is 3. The van der Waals surface area contributed by atoms with Crippen molar-refractivity contribution in [2.24, 2.45) is 5.92 Å². The maximum atomic E-state index is 13.0. The SMILES string of the molecule is O=CCNC(=O)c1ccc(COc2cccc(C(NC(=O)O[C@H]3CN4CCC3CC4)c3ccccc3)c2)cc1. The Morgan fingerprint density at radius 2 is 1.69 bits per heavy atom. The average molecular weight is 528 g/mol. The summed E-state index contributed by atoms with van der Waals surface area (Å²) in [4.78, 5) is 37.9. The van der Waals surface area contributed by atoms with Crippen LogP contribution in [0.3, 0.4) is 0 Å². The van der Waals surface area contributed by atoms with Gasteiger partial charge >= 0.3 is 6.09 Å². The predicted molar refractivity (Wildman–Crippen MR) is 146 cm³/mol. The summed E-state index contributed by atoms with van der Waals surface area (Å²) in [5.41, 5.74) is 3.20. The number of aldehydes is 1. The normalized spacial score (nSPS) is 20.5.